The molecule has 0 aliphatic rings. The van der Waals surface area contributed by atoms with Gasteiger partial charge in [-0.15, -0.1) is 0 Å². The summed E-state index contributed by atoms with van der Waals surface area (Å²) >= 11 is 0. The van der Waals surface area contributed by atoms with E-state index in [1.54, 1.807) is 18.3 Å². The summed E-state index contributed by atoms with van der Waals surface area (Å²) < 4.78 is 0. The van der Waals surface area contributed by atoms with Crippen LogP contribution in [0.25, 0.3) is 10.8 Å². The van der Waals surface area contributed by atoms with Crippen LogP contribution in [0.15, 0.2) is 54.7 Å². The van der Waals surface area contributed by atoms with Gasteiger partial charge in [0.1, 0.15) is 5.82 Å². The lowest BCUT2D eigenvalue weighted by Crippen LogP contribution is -2.03. The van der Waals surface area contributed by atoms with Crippen molar-refractivity contribution < 1.29 is 9.90 Å². The molecule has 0 saturated carbocycles. The number of anilines is 1. The maximum Gasteiger partial charge on any atom is 0.335 e. The standard InChI is InChI=1S/C18H16N2O2/c1-12-2-7-16-15(10-12)8-9-19-17(16)20-11-13-3-5-14(6-4-13)18(21)22/h2-10H,11H2,1H3,(H,19,20)(H,21,22). The summed E-state index contributed by atoms with van der Waals surface area (Å²) in [6.07, 6.45) is 1.79. The van der Waals surface area contributed by atoms with Crippen LogP contribution < -0.4 is 5.32 Å². The van der Waals surface area contributed by atoms with Gasteiger partial charge in [-0.25, -0.2) is 9.78 Å². The van der Waals surface area contributed by atoms with Crippen molar-refractivity contribution in [1.29, 1.82) is 0 Å². The molecule has 2 aromatic carbocycles. The Morgan fingerprint density at radius 1 is 1.14 bits per heavy atom. The van der Waals surface area contributed by atoms with Crippen molar-refractivity contribution in [2.45, 2.75) is 13.5 Å². The van der Waals surface area contributed by atoms with E-state index in [9.17, 15) is 4.79 Å². The SMILES string of the molecule is Cc1ccc2c(NCc3ccc(C(=O)O)cc3)nccc2c1. The number of pyridine rings is 1. The molecule has 0 saturated heterocycles. The molecule has 4 heteroatoms. The van der Waals surface area contributed by atoms with Crippen LogP contribution in [0, 0.1) is 6.92 Å². The third kappa shape index (κ3) is 2.91. The molecule has 0 aliphatic carbocycles. The molecule has 1 aromatic heterocycles. The van der Waals surface area contributed by atoms with Gasteiger partial charge in [0, 0.05) is 18.1 Å². The summed E-state index contributed by atoms with van der Waals surface area (Å²) in [4.78, 5) is 15.2. The first-order chi connectivity index (χ1) is 10.6. The third-order valence-electron chi connectivity index (χ3n) is 3.58. The Kier molecular flexibility index (Phi) is 3.74. The van der Waals surface area contributed by atoms with Gasteiger partial charge in [-0.05, 0) is 36.1 Å². The van der Waals surface area contributed by atoms with Gasteiger partial charge in [0.15, 0.2) is 0 Å². The molecule has 0 bridgehead atoms. The van der Waals surface area contributed by atoms with Gasteiger partial charge >= 0.3 is 5.97 Å². The van der Waals surface area contributed by atoms with Crippen LogP contribution in [0.2, 0.25) is 0 Å². The first kappa shape index (κ1) is 14.1. The second-order valence-electron chi connectivity index (χ2n) is 5.24. The molecule has 0 spiro atoms. The number of nitrogens with zero attached hydrogens (tertiary/aromatic N) is 1. The maximum absolute atomic E-state index is 10.8. The van der Waals surface area contributed by atoms with Gasteiger partial charge in [0.2, 0.25) is 0 Å². The highest BCUT2D eigenvalue weighted by Crippen LogP contribution is 2.22. The van der Waals surface area contributed by atoms with E-state index in [4.69, 9.17) is 5.11 Å². The molecule has 0 atom stereocenters. The zero-order valence-electron chi connectivity index (χ0n) is 12.2. The number of rotatable bonds is 4. The Labute approximate surface area is 128 Å². The number of carboxylic acids is 1. The summed E-state index contributed by atoms with van der Waals surface area (Å²) in [5.41, 5.74) is 2.52. The lowest BCUT2D eigenvalue weighted by molar-refractivity contribution is 0.0697. The van der Waals surface area contributed by atoms with E-state index < -0.39 is 5.97 Å². The fourth-order valence-corrected chi connectivity index (χ4v) is 2.39. The molecule has 0 fully saturated rings. The molecule has 0 aliphatic heterocycles. The Morgan fingerprint density at radius 3 is 2.64 bits per heavy atom. The summed E-state index contributed by atoms with van der Waals surface area (Å²) in [6, 6.07) is 15.1. The number of hydrogen-bond acceptors (Lipinski definition) is 3. The molecule has 4 nitrogen and oxygen atoms in total. The van der Waals surface area contributed by atoms with Crippen molar-refractivity contribution in [3.8, 4) is 0 Å². The van der Waals surface area contributed by atoms with E-state index in [0.29, 0.717) is 12.1 Å². The van der Waals surface area contributed by atoms with Crippen molar-refractivity contribution >= 4 is 22.6 Å². The topological polar surface area (TPSA) is 62.2 Å². The van der Waals surface area contributed by atoms with E-state index >= 15 is 0 Å². The minimum absolute atomic E-state index is 0.294. The minimum Gasteiger partial charge on any atom is -0.478 e. The van der Waals surface area contributed by atoms with Crippen molar-refractivity contribution in [2.75, 3.05) is 5.32 Å². The summed E-state index contributed by atoms with van der Waals surface area (Å²) in [5.74, 6) is -0.0783. The number of hydrogen-bond donors (Lipinski definition) is 2. The van der Waals surface area contributed by atoms with E-state index in [1.165, 1.54) is 5.56 Å². The predicted molar refractivity (Wildman–Crippen MR) is 87.2 cm³/mol. The molecule has 0 unspecified atom stereocenters. The highest BCUT2D eigenvalue weighted by atomic mass is 16.4. The first-order valence-electron chi connectivity index (χ1n) is 7.05. The van der Waals surface area contributed by atoms with Gasteiger partial charge in [-0.1, -0.05) is 35.9 Å². The van der Waals surface area contributed by atoms with Crippen LogP contribution in [0.5, 0.6) is 0 Å². The second-order valence-corrected chi connectivity index (χ2v) is 5.24. The normalized spacial score (nSPS) is 10.6. The minimum atomic E-state index is -0.911. The van der Waals surface area contributed by atoms with Crippen molar-refractivity contribution in [2.24, 2.45) is 0 Å². The second kappa shape index (κ2) is 5.85. The van der Waals surface area contributed by atoms with E-state index in [-0.39, 0.29) is 0 Å². The van der Waals surface area contributed by atoms with Crippen LogP contribution in [0.1, 0.15) is 21.5 Å². The molecule has 3 aromatic rings. The number of carbonyl (C=O) groups is 1. The van der Waals surface area contributed by atoms with Gasteiger partial charge in [-0.2, -0.15) is 0 Å². The Bertz CT molecular complexity index is 826. The number of aromatic carboxylic acids is 1. The van der Waals surface area contributed by atoms with Gasteiger partial charge < -0.3 is 10.4 Å². The number of nitrogens with one attached hydrogen (secondary N) is 1. The van der Waals surface area contributed by atoms with Crippen LogP contribution in [0.3, 0.4) is 0 Å². The van der Waals surface area contributed by atoms with Crippen molar-refractivity contribution in [3.63, 3.8) is 0 Å². The third-order valence-corrected chi connectivity index (χ3v) is 3.58. The summed E-state index contributed by atoms with van der Waals surface area (Å²) in [5, 5.41) is 14.4. The number of fused-ring (bicyclic) bond motifs is 1. The van der Waals surface area contributed by atoms with Crippen LogP contribution in [-0.2, 0) is 6.54 Å². The Balaban J connectivity index is 1.80. The Hall–Kier alpha value is -2.88. The largest absolute Gasteiger partial charge is 0.478 e. The molecular weight excluding hydrogens is 276 g/mol. The van der Waals surface area contributed by atoms with Gasteiger partial charge in [0.05, 0.1) is 5.56 Å². The number of aryl methyl sites for hydroxylation is 1. The highest BCUT2D eigenvalue weighted by molar-refractivity contribution is 5.92. The monoisotopic (exact) mass is 292 g/mol. The average Bonchev–Trinajstić information content (AvgIpc) is 2.52. The summed E-state index contributed by atoms with van der Waals surface area (Å²) in [7, 11) is 0. The quantitative estimate of drug-likeness (QED) is 0.766. The maximum atomic E-state index is 10.8. The average molecular weight is 292 g/mol. The molecular formula is C18H16N2O2. The fraction of sp³-hybridized carbons (Fsp3) is 0.111. The highest BCUT2D eigenvalue weighted by Gasteiger charge is 2.04. The lowest BCUT2D eigenvalue weighted by Gasteiger charge is -2.09. The smallest absolute Gasteiger partial charge is 0.335 e. The molecule has 110 valence electrons. The van der Waals surface area contributed by atoms with E-state index in [1.807, 2.05) is 18.2 Å². The molecule has 1 heterocycles. The van der Waals surface area contributed by atoms with Crippen LogP contribution >= 0.6 is 0 Å². The van der Waals surface area contributed by atoms with Crippen molar-refractivity contribution in [1.82, 2.24) is 4.98 Å². The molecule has 0 radical (unpaired) electrons. The van der Waals surface area contributed by atoms with E-state index in [0.717, 1.165) is 22.2 Å². The van der Waals surface area contributed by atoms with Crippen molar-refractivity contribution in [3.05, 3.63) is 71.4 Å². The zero-order chi connectivity index (χ0) is 15.5. The molecule has 3 rings (SSSR count). The summed E-state index contributed by atoms with van der Waals surface area (Å²) in [6.45, 7) is 2.66. The number of benzene rings is 2. The Morgan fingerprint density at radius 2 is 1.91 bits per heavy atom. The zero-order valence-corrected chi connectivity index (χ0v) is 12.2. The molecule has 22 heavy (non-hydrogen) atoms. The first-order valence-corrected chi connectivity index (χ1v) is 7.05. The predicted octanol–water partition coefficient (Wildman–Crippen LogP) is 3.85. The van der Waals surface area contributed by atoms with Gasteiger partial charge in [-0.3, -0.25) is 0 Å². The number of carboxylic acid groups (broad SMARTS) is 1. The lowest BCUT2D eigenvalue weighted by atomic mass is 10.1. The van der Waals surface area contributed by atoms with E-state index in [2.05, 4.69) is 35.4 Å². The fourth-order valence-electron chi connectivity index (χ4n) is 2.39. The molecule has 2 N–H and O–H groups in total. The number of aromatic nitrogens is 1. The van der Waals surface area contributed by atoms with Crippen LogP contribution in [-0.4, -0.2) is 16.1 Å². The van der Waals surface area contributed by atoms with Crippen LogP contribution in [0.4, 0.5) is 5.82 Å². The van der Waals surface area contributed by atoms with Gasteiger partial charge in [0.25, 0.3) is 0 Å². The molecule has 0 amide bonds.